The molecule has 0 amide bonds. The third-order valence-electron chi connectivity index (χ3n) is 6.64. The van der Waals surface area contributed by atoms with E-state index in [-0.39, 0.29) is 17.3 Å². The molecule has 200 valence electrons. The Morgan fingerprint density at radius 1 is 1.24 bits per heavy atom. The zero-order valence-electron chi connectivity index (χ0n) is 20.5. The average molecular weight is 561 g/mol. The van der Waals surface area contributed by atoms with E-state index < -0.39 is 36.8 Å². The highest BCUT2D eigenvalue weighted by molar-refractivity contribution is 6.31. The van der Waals surface area contributed by atoms with Crippen molar-refractivity contribution in [3.8, 4) is 11.3 Å². The van der Waals surface area contributed by atoms with Crippen LogP contribution in [0.25, 0.3) is 11.3 Å². The number of benzene rings is 2. The van der Waals surface area contributed by atoms with E-state index in [0.717, 1.165) is 18.4 Å². The monoisotopic (exact) mass is 560 g/mol. The van der Waals surface area contributed by atoms with Crippen LogP contribution in [0, 0.1) is 5.82 Å². The Labute approximate surface area is 228 Å². The van der Waals surface area contributed by atoms with Crippen LogP contribution < -0.4 is 5.73 Å². The molecule has 2 aromatic carbocycles. The molecule has 5 rings (SSSR count). The highest BCUT2D eigenvalue weighted by Crippen LogP contribution is 2.45. The Morgan fingerprint density at radius 3 is 2.71 bits per heavy atom. The number of hydrogen-bond acceptors (Lipinski definition) is 6. The van der Waals surface area contributed by atoms with Gasteiger partial charge in [-0.25, -0.2) is 19.1 Å². The van der Waals surface area contributed by atoms with E-state index in [0.29, 0.717) is 33.7 Å². The Balaban J connectivity index is 1.49. The second-order valence-electron chi connectivity index (χ2n) is 9.55. The molecule has 1 aliphatic heterocycles. The van der Waals surface area contributed by atoms with Gasteiger partial charge < -0.3 is 20.7 Å². The van der Waals surface area contributed by atoms with Gasteiger partial charge in [0.2, 0.25) is 0 Å². The summed E-state index contributed by atoms with van der Waals surface area (Å²) in [5, 5.41) is 29.9. The summed E-state index contributed by atoms with van der Waals surface area (Å²) in [6.07, 6.45) is 1.18. The summed E-state index contributed by atoms with van der Waals surface area (Å²) >= 11 is 12.1. The smallest absolute Gasteiger partial charge is 0.159 e. The highest BCUT2D eigenvalue weighted by Gasteiger charge is 2.41. The van der Waals surface area contributed by atoms with Crippen molar-refractivity contribution in [3.05, 3.63) is 64.0 Å². The normalized spacial score (nSPS) is 24.6. The van der Waals surface area contributed by atoms with Crippen molar-refractivity contribution in [2.75, 3.05) is 6.61 Å². The van der Waals surface area contributed by atoms with Crippen LogP contribution in [0.15, 0.2) is 52.6 Å². The van der Waals surface area contributed by atoms with Crippen LogP contribution >= 0.6 is 23.2 Å². The van der Waals surface area contributed by atoms with E-state index >= 15 is 0 Å². The molecule has 12 heteroatoms. The number of aromatic nitrogens is 3. The number of rotatable bonds is 6. The zero-order chi connectivity index (χ0) is 27.0. The van der Waals surface area contributed by atoms with Crippen LogP contribution in [-0.2, 0) is 4.74 Å². The van der Waals surface area contributed by atoms with Crippen LogP contribution in [0.4, 0.5) is 10.1 Å². The molecule has 3 aromatic rings. The molecular weight excluding hydrogens is 534 g/mol. The first-order chi connectivity index (χ1) is 18.2. The van der Waals surface area contributed by atoms with Gasteiger partial charge in [-0.2, -0.15) is 0 Å². The number of hydrogen-bond donors (Lipinski definition) is 3. The minimum Gasteiger partial charge on any atom is -0.394 e. The fourth-order valence-corrected chi connectivity index (χ4v) is 4.87. The van der Waals surface area contributed by atoms with Crippen LogP contribution in [0.2, 0.25) is 10.0 Å². The number of nitrogens with two attached hydrogens (primary N) is 1. The summed E-state index contributed by atoms with van der Waals surface area (Å²) in [7, 11) is 0. The average Bonchev–Trinajstić information content (AvgIpc) is 3.61. The second-order valence-corrected chi connectivity index (χ2v) is 10.4. The minimum atomic E-state index is -1.11. The van der Waals surface area contributed by atoms with Gasteiger partial charge in [0.15, 0.2) is 5.84 Å². The molecule has 0 spiro atoms. The summed E-state index contributed by atoms with van der Waals surface area (Å²) < 4.78 is 21.5. The maximum atomic E-state index is 14.0. The molecule has 9 nitrogen and oxygen atoms in total. The fraction of sp³-hybridized carbons (Fsp3) is 0.385. The quantitative estimate of drug-likeness (QED) is 0.302. The Kier molecular flexibility index (Phi) is 7.78. The Bertz CT molecular complexity index is 1390. The van der Waals surface area contributed by atoms with E-state index in [1.807, 2.05) is 12.1 Å². The molecule has 0 bridgehead atoms. The number of ether oxygens (including phenoxy) is 1. The molecule has 1 saturated heterocycles. The van der Waals surface area contributed by atoms with E-state index in [1.54, 1.807) is 25.3 Å². The number of aliphatic hydroxyl groups excluding tert-OH is 2. The third kappa shape index (κ3) is 5.74. The lowest BCUT2D eigenvalue weighted by atomic mass is 9.94. The summed E-state index contributed by atoms with van der Waals surface area (Å²) in [5.74, 6) is 0.407. The molecule has 4 atom stereocenters. The molecule has 2 heterocycles. The van der Waals surface area contributed by atoms with Gasteiger partial charge in [0.1, 0.15) is 29.8 Å². The maximum absolute atomic E-state index is 14.0. The molecule has 4 N–H and O–H groups in total. The fourth-order valence-electron chi connectivity index (χ4n) is 4.59. The molecule has 4 unspecified atom stereocenters. The van der Waals surface area contributed by atoms with E-state index in [1.165, 1.54) is 16.8 Å². The first-order valence-corrected chi connectivity index (χ1v) is 13.0. The van der Waals surface area contributed by atoms with Crippen LogP contribution in [0.1, 0.15) is 43.7 Å². The molecule has 38 heavy (non-hydrogen) atoms. The standard InChI is InChI=1S/C26H27Cl2FN6O3/c1-13(30)31-26(32-20-9-16(27)5-6-17(20)14-2-3-14)23-10-22(25(37)24(12-36)38-23)35-11-21(33-34-35)15-4-7-18(28)19(29)8-15/h4-9,11,14,22-25,36-37H,2-3,10,12H2,1H3,(H2,30,31,32). The minimum absolute atomic E-state index is 0.00161. The van der Waals surface area contributed by atoms with Crippen molar-refractivity contribution in [3.63, 3.8) is 0 Å². The SMILES string of the molecule is CC(N)=NC(=Nc1cc(Cl)ccc1C1CC1)C1CC(n2cc(-c3ccc(Cl)c(F)c3)nn2)C(O)C(CO)O1. The molecule has 1 saturated carbocycles. The summed E-state index contributed by atoms with van der Waals surface area (Å²) in [5.41, 5.74) is 8.57. The molecular formula is C26H27Cl2FN6O3. The van der Waals surface area contributed by atoms with Gasteiger partial charge in [0, 0.05) is 17.0 Å². The maximum Gasteiger partial charge on any atom is 0.159 e. The molecule has 2 aliphatic rings. The first-order valence-electron chi connectivity index (χ1n) is 12.2. The van der Waals surface area contributed by atoms with Gasteiger partial charge in [-0.1, -0.05) is 40.5 Å². The summed E-state index contributed by atoms with van der Waals surface area (Å²) in [4.78, 5) is 9.27. The zero-order valence-corrected chi connectivity index (χ0v) is 22.0. The van der Waals surface area contributed by atoms with Gasteiger partial charge in [-0.05, 0) is 55.5 Å². The Hall–Kier alpha value is -2.89. The van der Waals surface area contributed by atoms with Gasteiger partial charge >= 0.3 is 0 Å². The van der Waals surface area contributed by atoms with Crippen molar-refractivity contribution >= 4 is 40.6 Å². The molecule has 2 fully saturated rings. The van der Waals surface area contributed by atoms with Crippen molar-refractivity contribution in [2.24, 2.45) is 15.7 Å². The largest absolute Gasteiger partial charge is 0.394 e. The number of aliphatic imine (C=N–C) groups is 2. The van der Waals surface area contributed by atoms with Gasteiger partial charge in [-0.3, -0.25) is 0 Å². The topological polar surface area (TPSA) is 131 Å². The van der Waals surface area contributed by atoms with E-state index in [4.69, 9.17) is 38.7 Å². The van der Waals surface area contributed by atoms with Crippen LogP contribution in [-0.4, -0.2) is 61.8 Å². The Morgan fingerprint density at radius 2 is 2.03 bits per heavy atom. The van der Waals surface area contributed by atoms with Crippen LogP contribution in [0.5, 0.6) is 0 Å². The lowest BCUT2D eigenvalue weighted by Crippen LogP contribution is -2.50. The predicted molar refractivity (Wildman–Crippen MR) is 144 cm³/mol. The lowest BCUT2D eigenvalue weighted by molar-refractivity contribution is -0.137. The number of nitrogens with zero attached hydrogens (tertiary/aromatic N) is 5. The summed E-state index contributed by atoms with van der Waals surface area (Å²) in [6.45, 7) is 1.20. The number of aliphatic hydroxyl groups is 2. The third-order valence-corrected chi connectivity index (χ3v) is 7.18. The van der Waals surface area contributed by atoms with E-state index in [9.17, 15) is 14.6 Å². The first kappa shape index (κ1) is 26.7. The summed E-state index contributed by atoms with van der Waals surface area (Å²) in [6, 6.07) is 9.28. The van der Waals surface area contributed by atoms with Crippen molar-refractivity contribution < 1.29 is 19.3 Å². The molecule has 1 aromatic heterocycles. The lowest BCUT2D eigenvalue weighted by Gasteiger charge is -2.38. The van der Waals surface area contributed by atoms with E-state index in [2.05, 4.69) is 15.3 Å². The van der Waals surface area contributed by atoms with Gasteiger partial charge in [-0.15, -0.1) is 5.10 Å². The van der Waals surface area contributed by atoms with Crippen LogP contribution in [0.3, 0.4) is 0 Å². The van der Waals surface area contributed by atoms with Crippen molar-refractivity contribution in [2.45, 2.75) is 56.5 Å². The second kappa shape index (κ2) is 11.1. The van der Waals surface area contributed by atoms with Gasteiger partial charge in [0.25, 0.3) is 0 Å². The predicted octanol–water partition coefficient (Wildman–Crippen LogP) is 4.43. The van der Waals surface area contributed by atoms with Gasteiger partial charge in [0.05, 0.1) is 35.4 Å². The number of amidine groups is 2. The number of halogens is 3. The molecule has 0 radical (unpaired) electrons. The van der Waals surface area contributed by atoms with Crippen molar-refractivity contribution in [1.82, 2.24) is 15.0 Å². The van der Waals surface area contributed by atoms with Crippen molar-refractivity contribution in [1.29, 1.82) is 0 Å². The molecule has 1 aliphatic carbocycles. The highest BCUT2D eigenvalue weighted by atomic mass is 35.5.